The van der Waals surface area contributed by atoms with E-state index >= 15 is 0 Å². The molecular formula is C12H17NO2. The standard InChI is InChI=1S/C12H17NO2/c13-11-3-1-2-10-8(6-14)4-5-9(7-15)12(10)11/h4-5,11,14-15H,1-3,6-7,13H2. The summed E-state index contributed by atoms with van der Waals surface area (Å²) < 4.78 is 0. The van der Waals surface area contributed by atoms with Crippen molar-refractivity contribution >= 4 is 0 Å². The summed E-state index contributed by atoms with van der Waals surface area (Å²) in [6, 6.07) is 3.78. The zero-order valence-electron chi connectivity index (χ0n) is 8.74. The van der Waals surface area contributed by atoms with Gasteiger partial charge < -0.3 is 15.9 Å². The highest BCUT2D eigenvalue weighted by Crippen LogP contribution is 2.33. The summed E-state index contributed by atoms with van der Waals surface area (Å²) in [5, 5.41) is 18.5. The van der Waals surface area contributed by atoms with Gasteiger partial charge in [0.2, 0.25) is 0 Å². The number of nitrogens with two attached hydrogens (primary N) is 1. The molecule has 0 bridgehead atoms. The van der Waals surface area contributed by atoms with Crippen LogP contribution < -0.4 is 5.73 Å². The van der Waals surface area contributed by atoms with Crippen LogP contribution >= 0.6 is 0 Å². The van der Waals surface area contributed by atoms with Crippen molar-refractivity contribution in [3.8, 4) is 0 Å². The van der Waals surface area contributed by atoms with Crippen LogP contribution in [-0.4, -0.2) is 10.2 Å². The van der Waals surface area contributed by atoms with Crippen LogP contribution in [-0.2, 0) is 19.6 Å². The van der Waals surface area contributed by atoms with Crippen molar-refractivity contribution in [2.75, 3.05) is 0 Å². The summed E-state index contributed by atoms with van der Waals surface area (Å²) in [5.41, 5.74) is 10.1. The first kappa shape index (κ1) is 10.6. The third-order valence-electron chi connectivity index (χ3n) is 3.20. The summed E-state index contributed by atoms with van der Waals surface area (Å²) in [7, 11) is 0. The molecule has 0 fully saturated rings. The molecule has 0 aliphatic heterocycles. The SMILES string of the molecule is NC1CCCc2c(CO)ccc(CO)c21. The van der Waals surface area contributed by atoms with Gasteiger partial charge in [0.1, 0.15) is 0 Å². The third kappa shape index (κ3) is 1.78. The average molecular weight is 207 g/mol. The fourth-order valence-electron chi connectivity index (χ4n) is 2.44. The van der Waals surface area contributed by atoms with Gasteiger partial charge in [0.25, 0.3) is 0 Å². The van der Waals surface area contributed by atoms with Crippen LogP contribution in [0.2, 0.25) is 0 Å². The van der Waals surface area contributed by atoms with Gasteiger partial charge in [-0.25, -0.2) is 0 Å². The first-order valence-corrected chi connectivity index (χ1v) is 5.38. The molecule has 2 rings (SSSR count). The van der Waals surface area contributed by atoms with Gasteiger partial charge in [0, 0.05) is 6.04 Å². The van der Waals surface area contributed by atoms with E-state index in [4.69, 9.17) is 5.73 Å². The maximum Gasteiger partial charge on any atom is 0.0685 e. The number of hydrogen-bond donors (Lipinski definition) is 3. The summed E-state index contributed by atoms with van der Waals surface area (Å²) in [5.74, 6) is 0. The summed E-state index contributed by atoms with van der Waals surface area (Å²) in [4.78, 5) is 0. The van der Waals surface area contributed by atoms with Crippen molar-refractivity contribution in [2.24, 2.45) is 5.73 Å². The number of aliphatic hydroxyl groups excluding tert-OH is 2. The Balaban J connectivity index is 2.56. The molecule has 1 atom stereocenters. The predicted molar refractivity (Wildman–Crippen MR) is 58.2 cm³/mol. The van der Waals surface area contributed by atoms with Gasteiger partial charge in [-0.05, 0) is 41.5 Å². The third-order valence-corrected chi connectivity index (χ3v) is 3.20. The van der Waals surface area contributed by atoms with Gasteiger partial charge in [-0.15, -0.1) is 0 Å². The molecule has 0 radical (unpaired) electrons. The van der Waals surface area contributed by atoms with Crippen LogP contribution in [0.5, 0.6) is 0 Å². The molecule has 1 aromatic carbocycles. The molecule has 1 aliphatic carbocycles. The molecule has 0 saturated heterocycles. The summed E-state index contributed by atoms with van der Waals surface area (Å²) in [6.45, 7) is 0.0858. The largest absolute Gasteiger partial charge is 0.392 e. The normalized spacial score (nSPS) is 20.1. The molecule has 0 saturated carbocycles. The van der Waals surface area contributed by atoms with E-state index in [9.17, 15) is 10.2 Å². The van der Waals surface area contributed by atoms with Gasteiger partial charge in [-0.2, -0.15) is 0 Å². The second-order valence-corrected chi connectivity index (χ2v) is 4.09. The molecule has 3 heteroatoms. The van der Waals surface area contributed by atoms with Gasteiger partial charge in [0.15, 0.2) is 0 Å². The molecule has 82 valence electrons. The lowest BCUT2D eigenvalue weighted by molar-refractivity contribution is 0.273. The lowest BCUT2D eigenvalue weighted by Gasteiger charge is -2.26. The summed E-state index contributed by atoms with van der Waals surface area (Å²) in [6.07, 6.45) is 3.00. The molecule has 0 spiro atoms. The maximum absolute atomic E-state index is 9.26. The van der Waals surface area contributed by atoms with Crippen molar-refractivity contribution in [1.82, 2.24) is 0 Å². The molecular weight excluding hydrogens is 190 g/mol. The molecule has 15 heavy (non-hydrogen) atoms. The fraction of sp³-hybridized carbons (Fsp3) is 0.500. The van der Waals surface area contributed by atoms with E-state index in [2.05, 4.69) is 0 Å². The quantitative estimate of drug-likeness (QED) is 0.678. The number of aliphatic hydroxyl groups is 2. The van der Waals surface area contributed by atoms with Crippen molar-refractivity contribution in [3.63, 3.8) is 0 Å². The van der Waals surface area contributed by atoms with Crippen molar-refractivity contribution < 1.29 is 10.2 Å². The lowest BCUT2D eigenvalue weighted by Crippen LogP contribution is -2.21. The zero-order chi connectivity index (χ0) is 10.8. The molecule has 1 unspecified atom stereocenters. The minimum absolute atomic E-state index is 0.0161. The van der Waals surface area contributed by atoms with Gasteiger partial charge in [-0.1, -0.05) is 12.1 Å². The van der Waals surface area contributed by atoms with E-state index in [1.54, 1.807) is 0 Å². The zero-order valence-corrected chi connectivity index (χ0v) is 8.74. The van der Waals surface area contributed by atoms with Crippen molar-refractivity contribution in [2.45, 2.75) is 38.5 Å². The highest BCUT2D eigenvalue weighted by molar-refractivity contribution is 5.44. The Bertz CT molecular complexity index is 363. The van der Waals surface area contributed by atoms with Crippen LogP contribution in [0.15, 0.2) is 12.1 Å². The predicted octanol–water partition coefficient (Wildman–Crippen LogP) is 1.01. The van der Waals surface area contributed by atoms with E-state index in [1.165, 1.54) is 0 Å². The minimum atomic E-state index is 0.0161. The number of hydrogen-bond acceptors (Lipinski definition) is 3. The highest BCUT2D eigenvalue weighted by atomic mass is 16.3. The molecule has 0 aromatic heterocycles. The molecule has 1 aromatic rings. The Morgan fingerprint density at radius 2 is 1.87 bits per heavy atom. The second kappa shape index (κ2) is 4.31. The number of fused-ring (bicyclic) bond motifs is 1. The highest BCUT2D eigenvalue weighted by Gasteiger charge is 2.21. The van der Waals surface area contributed by atoms with E-state index in [0.717, 1.165) is 41.5 Å². The van der Waals surface area contributed by atoms with Crippen molar-refractivity contribution in [1.29, 1.82) is 0 Å². The molecule has 3 nitrogen and oxygen atoms in total. The number of benzene rings is 1. The Labute approximate surface area is 89.5 Å². The van der Waals surface area contributed by atoms with Crippen LogP contribution in [0.25, 0.3) is 0 Å². The first-order chi connectivity index (χ1) is 7.27. The van der Waals surface area contributed by atoms with Crippen LogP contribution in [0, 0.1) is 0 Å². The Morgan fingerprint density at radius 3 is 2.53 bits per heavy atom. The number of rotatable bonds is 2. The molecule has 0 heterocycles. The monoisotopic (exact) mass is 207 g/mol. The van der Waals surface area contributed by atoms with Gasteiger partial charge >= 0.3 is 0 Å². The average Bonchev–Trinajstić information content (AvgIpc) is 2.28. The Kier molecular flexibility index (Phi) is 3.05. The maximum atomic E-state index is 9.26. The smallest absolute Gasteiger partial charge is 0.0685 e. The van der Waals surface area contributed by atoms with Crippen LogP contribution in [0.4, 0.5) is 0 Å². The molecule has 0 amide bonds. The topological polar surface area (TPSA) is 66.5 Å². The van der Waals surface area contributed by atoms with E-state index in [-0.39, 0.29) is 19.3 Å². The molecule has 1 aliphatic rings. The first-order valence-electron chi connectivity index (χ1n) is 5.38. The van der Waals surface area contributed by atoms with Crippen LogP contribution in [0.1, 0.15) is 41.1 Å². The van der Waals surface area contributed by atoms with Gasteiger partial charge in [0.05, 0.1) is 13.2 Å². The van der Waals surface area contributed by atoms with E-state index < -0.39 is 0 Å². The minimum Gasteiger partial charge on any atom is -0.392 e. The van der Waals surface area contributed by atoms with Crippen molar-refractivity contribution in [3.05, 3.63) is 34.4 Å². The second-order valence-electron chi connectivity index (χ2n) is 4.09. The van der Waals surface area contributed by atoms with E-state index in [0.29, 0.717) is 0 Å². The molecule has 4 N–H and O–H groups in total. The van der Waals surface area contributed by atoms with Gasteiger partial charge in [-0.3, -0.25) is 0 Å². The summed E-state index contributed by atoms with van der Waals surface area (Å²) >= 11 is 0. The van der Waals surface area contributed by atoms with Crippen LogP contribution in [0.3, 0.4) is 0 Å². The van der Waals surface area contributed by atoms with E-state index in [1.807, 2.05) is 12.1 Å². The fourth-order valence-corrected chi connectivity index (χ4v) is 2.44. The Morgan fingerprint density at radius 1 is 1.20 bits per heavy atom. The Hall–Kier alpha value is -0.900. The lowest BCUT2D eigenvalue weighted by atomic mass is 9.82.